The Labute approximate surface area is 130 Å². The van der Waals surface area contributed by atoms with Crippen molar-refractivity contribution in [1.82, 2.24) is 5.32 Å². The highest BCUT2D eigenvalue weighted by Gasteiger charge is 2.61. The Morgan fingerprint density at radius 3 is 2.82 bits per heavy atom. The first kappa shape index (κ1) is 14.2. The molecule has 0 spiro atoms. The van der Waals surface area contributed by atoms with Gasteiger partial charge in [0.15, 0.2) is 0 Å². The second kappa shape index (κ2) is 4.54. The van der Waals surface area contributed by atoms with Crippen molar-refractivity contribution < 1.29 is 13.9 Å². The van der Waals surface area contributed by atoms with Gasteiger partial charge in [-0.15, -0.1) is 0 Å². The maximum absolute atomic E-state index is 13.5. The van der Waals surface area contributed by atoms with E-state index in [2.05, 4.69) is 19.2 Å². The standard InChI is InChI=1S/C18H22FNO2/c1-17(2)14(13-6-9-22-15(13)17)20-16(21)18(7-8-18)11-4-3-5-12(19)10-11/h3-5,10,13-15H,6-9H2,1-2H3,(H,20,21)/t13-,14+,15-/m0/s1. The molecule has 1 amide bonds. The van der Waals surface area contributed by atoms with Crippen LogP contribution in [0.3, 0.4) is 0 Å². The van der Waals surface area contributed by atoms with Crippen LogP contribution in [0.15, 0.2) is 24.3 Å². The number of amides is 1. The number of halogens is 1. The third-order valence-electron chi connectivity index (χ3n) is 5.95. The summed E-state index contributed by atoms with van der Waals surface area (Å²) < 4.78 is 19.3. The van der Waals surface area contributed by atoms with Gasteiger partial charge in [-0.25, -0.2) is 4.39 Å². The number of hydrogen-bond acceptors (Lipinski definition) is 2. The Hall–Kier alpha value is -1.42. The molecule has 1 heterocycles. The van der Waals surface area contributed by atoms with E-state index in [1.165, 1.54) is 12.1 Å². The molecular formula is C18H22FNO2. The fourth-order valence-corrected chi connectivity index (χ4v) is 4.45. The van der Waals surface area contributed by atoms with Crippen molar-refractivity contribution in [3.05, 3.63) is 35.6 Å². The number of nitrogens with one attached hydrogen (secondary N) is 1. The summed E-state index contributed by atoms with van der Waals surface area (Å²) in [5, 5.41) is 3.26. The molecule has 118 valence electrons. The predicted octanol–water partition coefficient (Wildman–Crippen LogP) is 2.79. The number of fused-ring (bicyclic) bond motifs is 1. The van der Waals surface area contributed by atoms with Gasteiger partial charge in [-0.1, -0.05) is 26.0 Å². The molecule has 0 radical (unpaired) electrons. The minimum atomic E-state index is -0.511. The number of carbonyl (C=O) groups excluding carboxylic acids is 1. The lowest BCUT2D eigenvalue weighted by Crippen LogP contribution is -2.67. The number of benzene rings is 1. The van der Waals surface area contributed by atoms with Crippen LogP contribution in [-0.4, -0.2) is 24.7 Å². The summed E-state index contributed by atoms with van der Waals surface area (Å²) in [5.74, 6) is 0.216. The molecule has 22 heavy (non-hydrogen) atoms. The molecule has 1 aromatic carbocycles. The van der Waals surface area contributed by atoms with Crippen LogP contribution >= 0.6 is 0 Å². The lowest BCUT2D eigenvalue weighted by Gasteiger charge is -2.54. The fraction of sp³-hybridized carbons (Fsp3) is 0.611. The fourth-order valence-electron chi connectivity index (χ4n) is 4.45. The second-order valence-electron chi connectivity index (χ2n) is 7.61. The number of hydrogen-bond donors (Lipinski definition) is 1. The van der Waals surface area contributed by atoms with Crippen molar-refractivity contribution in [2.75, 3.05) is 6.61 Å². The highest BCUT2D eigenvalue weighted by Crippen LogP contribution is 2.54. The zero-order chi connectivity index (χ0) is 15.5. The van der Waals surface area contributed by atoms with Gasteiger partial charge in [0.1, 0.15) is 5.82 Å². The van der Waals surface area contributed by atoms with Gasteiger partial charge < -0.3 is 10.1 Å². The Morgan fingerprint density at radius 2 is 2.14 bits per heavy atom. The molecule has 1 N–H and O–H groups in total. The largest absolute Gasteiger partial charge is 0.377 e. The van der Waals surface area contributed by atoms with Gasteiger partial charge >= 0.3 is 0 Å². The van der Waals surface area contributed by atoms with E-state index >= 15 is 0 Å². The molecule has 0 unspecified atom stereocenters. The van der Waals surface area contributed by atoms with Crippen molar-refractivity contribution >= 4 is 5.91 Å². The summed E-state index contributed by atoms with van der Waals surface area (Å²) in [5.41, 5.74) is 0.277. The molecule has 3 nitrogen and oxygen atoms in total. The summed E-state index contributed by atoms with van der Waals surface area (Å²) in [6.07, 6.45) is 2.90. The van der Waals surface area contributed by atoms with Gasteiger partial charge in [-0.2, -0.15) is 0 Å². The van der Waals surface area contributed by atoms with Crippen LogP contribution in [0.25, 0.3) is 0 Å². The summed E-state index contributed by atoms with van der Waals surface area (Å²) in [6.45, 7) is 5.11. The molecule has 4 heteroatoms. The van der Waals surface area contributed by atoms with E-state index in [9.17, 15) is 9.18 Å². The molecule has 0 aromatic heterocycles. The zero-order valence-electron chi connectivity index (χ0n) is 13.1. The minimum absolute atomic E-state index is 0.0190. The SMILES string of the molecule is CC1(C)[C@H](NC(=O)C2(c3cccc(F)c3)CC2)[C@@H]2CCO[C@@H]21. The highest BCUT2D eigenvalue weighted by atomic mass is 19.1. The molecule has 3 atom stereocenters. The van der Waals surface area contributed by atoms with E-state index in [0.29, 0.717) is 5.92 Å². The number of carbonyl (C=O) groups is 1. The first-order valence-corrected chi connectivity index (χ1v) is 8.14. The van der Waals surface area contributed by atoms with Gasteiger partial charge in [0.05, 0.1) is 11.5 Å². The maximum Gasteiger partial charge on any atom is 0.230 e. The van der Waals surface area contributed by atoms with Gasteiger partial charge in [0, 0.05) is 24.0 Å². The van der Waals surface area contributed by atoms with Crippen molar-refractivity contribution in [1.29, 1.82) is 0 Å². The Morgan fingerprint density at radius 1 is 1.36 bits per heavy atom. The zero-order valence-corrected chi connectivity index (χ0v) is 13.1. The van der Waals surface area contributed by atoms with E-state index in [-0.39, 0.29) is 29.3 Å². The van der Waals surface area contributed by atoms with E-state index in [1.54, 1.807) is 6.07 Å². The number of rotatable bonds is 3. The normalized spacial score (nSPS) is 33.7. The summed E-state index contributed by atoms with van der Waals surface area (Å²) >= 11 is 0. The second-order valence-corrected chi connectivity index (χ2v) is 7.61. The van der Waals surface area contributed by atoms with Gasteiger partial charge in [0.25, 0.3) is 0 Å². The number of ether oxygens (including phenoxy) is 1. The van der Waals surface area contributed by atoms with Crippen molar-refractivity contribution in [2.24, 2.45) is 11.3 Å². The van der Waals surface area contributed by atoms with Crippen LogP contribution in [0.4, 0.5) is 4.39 Å². The van der Waals surface area contributed by atoms with Crippen molar-refractivity contribution in [3.8, 4) is 0 Å². The van der Waals surface area contributed by atoms with Crippen molar-refractivity contribution in [3.63, 3.8) is 0 Å². The van der Waals surface area contributed by atoms with Crippen LogP contribution in [-0.2, 0) is 14.9 Å². The maximum atomic E-state index is 13.5. The summed E-state index contributed by atoms with van der Waals surface area (Å²) in [7, 11) is 0. The predicted molar refractivity (Wildman–Crippen MR) is 80.9 cm³/mol. The van der Waals surface area contributed by atoms with Gasteiger partial charge in [-0.05, 0) is 37.0 Å². The van der Waals surface area contributed by atoms with Crippen LogP contribution in [0.1, 0.15) is 38.7 Å². The Kier molecular flexibility index (Phi) is 2.93. The summed E-state index contributed by atoms with van der Waals surface area (Å²) in [4.78, 5) is 12.8. The lowest BCUT2D eigenvalue weighted by atomic mass is 9.57. The molecule has 1 saturated heterocycles. The van der Waals surface area contributed by atoms with E-state index in [0.717, 1.165) is 31.4 Å². The van der Waals surface area contributed by atoms with Crippen LogP contribution < -0.4 is 5.32 Å². The molecule has 3 fully saturated rings. The average molecular weight is 303 g/mol. The molecule has 1 aliphatic heterocycles. The molecule has 1 aromatic rings. The first-order valence-electron chi connectivity index (χ1n) is 8.14. The molecule has 4 rings (SSSR count). The Bertz CT molecular complexity index is 623. The third kappa shape index (κ3) is 1.86. The molecule has 2 saturated carbocycles. The topological polar surface area (TPSA) is 38.3 Å². The molecule has 3 aliphatic rings. The summed E-state index contributed by atoms with van der Waals surface area (Å²) in [6, 6.07) is 6.64. The lowest BCUT2D eigenvalue weighted by molar-refractivity contribution is -0.139. The van der Waals surface area contributed by atoms with Crippen LogP contribution in [0.2, 0.25) is 0 Å². The monoisotopic (exact) mass is 303 g/mol. The average Bonchev–Trinajstić information content (AvgIpc) is 3.17. The van der Waals surface area contributed by atoms with E-state index < -0.39 is 5.41 Å². The molecular weight excluding hydrogens is 281 g/mol. The van der Waals surface area contributed by atoms with Gasteiger partial charge in [0.2, 0.25) is 5.91 Å². The van der Waals surface area contributed by atoms with Crippen LogP contribution in [0, 0.1) is 17.2 Å². The molecule has 2 aliphatic carbocycles. The van der Waals surface area contributed by atoms with E-state index in [1.807, 2.05) is 6.07 Å². The Balaban J connectivity index is 1.53. The van der Waals surface area contributed by atoms with E-state index in [4.69, 9.17) is 4.74 Å². The quantitative estimate of drug-likeness (QED) is 0.932. The van der Waals surface area contributed by atoms with Gasteiger partial charge in [-0.3, -0.25) is 4.79 Å². The highest BCUT2D eigenvalue weighted by molar-refractivity contribution is 5.91. The van der Waals surface area contributed by atoms with Crippen LogP contribution in [0.5, 0.6) is 0 Å². The van der Waals surface area contributed by atoms with Crippen molar-refractivity contribution in [2.45, 2.75) is 50.7 Å². The first-order chi connectivity index (χ1) is 10.4. The molecule has 0 bridgehead atoms. The minimum Gasteiger partial charge on any atom is -0.377 e. The smallest absolute Gasteiger partial charge is 0.230 e. The third-order valence-corrected chi connectivity index (χ3v) is 5.95.